The fourth-order valence-electron chi connectivity index (χ4n) is 5.70. The summed E-state index contributed by atoms with van der Waals surface area (Å²) in [6, 6.07) is 18.0. The summed E-state index contributed by atoms with van der Waals surface area (Å²) in [6.45, 7) is 33.1. The molecule has 13 heteroatoms. The Kier molecular flexibility index (Phi) is 24.1. The predicted molar refractivity (Wildman–Crippen MR) is 250 cm³/mol. The highest BCUT2D eigenvalue weighted by atomic mass is 16.6. The molecular weight excluding hydrogens is 801 g/mol. The molecule has 0 aromatic heterocycles. The average molecular weight is 879 g/mol. The lowest BCUT2D eigenvalue weighted by atomic mass is 9.85. The van der Waals surface area contributed by atoms with E-state index in [-0.39, 0.29) is 54.5 Å². The quantitative estimate of drug-likeness (QED) is 0.0757. The highest BCUT2D eigenvalue weighted by Gasteiger charge is 2.36. The molecule has 0 unspecified atom stereocenters. The molecule has 0 aliphatic heterocycles. The smallest absolute Gasteiger partial charge is 0.307 e. The van der Waals surface area contributed by atoms with Crippen LogP contribution in [0.4, 0.5) is 0 Å². The van der Waals surface area contributed by atoms with Crippen molar-refractivity contribution in [1.29, 1.82) is 0 Å². The van der Waals surface area contributed by atoms with Gasteiger partial charge in [-0.05, 0) is 90.2 Å². The summed E-state index contributed by atoms with van der Waals surface area (Å²) in [5.41, 5.74) is 6.01. The van der Waals surface area contributed by atoms with Crippen LogP contribution in [0.1, 0.15) is 146 Å². The van der Waals surface area contributed by atoms with Crippen molar-refractivity contribution in [2.45, 2.75) is 158 Å². The first-order valence-electron chi connectivity index (χ1n) is 21.5. The molecule has 63 heavy (non-hydrogen) atoms. The monoisotopic (exact) mass is 879 g/mol. The summed E-state index contributed by atoms with van der Waals surface area (Å²) in [5.74, 6) is -4.08. The molecular formula is C50H78N4O9. The molecule has 0 aliphatic carbocycles. The molecule has 13 nitrogen and oxygen atoms in total. The van der Waals surface area contributed by atoms with Gasteiger partial charge in [-0.3, -0.25) is 28.8 Å². The predicted octanol–water partition coefficient (Wildman–Crippen LogP) is 8.55. The zero-order chi connectivity index (χ0) is 48.9. The zero-order valence-electron chi connectivity index (χ0n) is 40.4. The summed E-state index contributed by atoms with van der Waals surface area (Å²) in [4.78, 5) is 72.3. The minimum absolute atomic E-state index is 0.0166. The van der Waals surface area contributed by atoms with Crippen LogP contribution in [-0.4, -0.2) is 64.0 Å². The van der Waals surface area contributed by atoms with Gasteiger partial charge in [-0.2, -0.15) is 0 Å². The fourth-order valence-corrected chi connectivity index (χ4v) is 5.70. The summed E-state index contributed by atoms with van der Waals surface area (Å²) in [7, 11) is 0. The maximum Gasteiger partial charge on any atom is 0.307 e. The van der Waals surface area contributed by atoms with Crippen molar-refractivity contribution in [2.24, 2.45) is 28.4 Å². The lowest BCUT2D eigenvalue weighted by molar-refractivity contribution is -0.159. The number of carbonyl (C=O) groups excluding carboxylic acids is 5. The Balaban J connectivity index is 0.00000101. The minimum Gasteiger partial charge on any atom is -0.481 e. The van der Waals surface area contributed by atoms with Crippen molar-refractivity contribution < 1.29 is 43.3 Å². The third kappa shape index (κ3) is 24.8. The highest BCUT2D eigenvalue weighted by Crippen LogP contribution is 2.24. The number of nitrogens with two attached hydrogens (primary N) is 1. The number of aliphatic carboxylic acids is 1. The van der Waals surface area contributed by atoms with Crippen molar-refractivity contribution >= 4 is 35.6 Å². The second kappa shape index (κ2) is 26.4. The zero-order valence-corrected chi connectivity index (χ0v) is 40.4. The molecule has 3 amide bonds. The summed E-state index contributed by atoms with van der Waals surface area (Å²) >= 11 is 0. The van der Waals surface area contributed by atoms with Crippen LogP contribution in [0.5, 0.6) is 0 Å². The Bertz CT molecular complexity index is 1770. The van der Waals surface area contributed by atoms with E-state index in [1.165, 1.54) is 6.08 Å². The van der Waals surface area contributed by atoms with E-state index in [0.29, 0.717) is 6.42 Å². The molecule has 2 aromatic carbocycles. The van der Waals surface area contributed by atoms with Crippen molar-refractivity contribution in [3.63, 3.8) is 0 Å². The topological polar surface area (TPSA) is 203 Å². The van der Waals surface area contributed by atoms with Gasteiger partial charge in [0.05, 0.1) is 42.8 Å². The number of hydrogen-bond donors (Lipinski definition) is 5. The first kappa shape index (κ1) is 57.7. The second-order valence-corrected chi connectivity index (χ2v) is 19.8. The molecule has 0 saturated carbocycles. The molecule has 0 saturated heterocycles. The van der Waals surface area contributed by atoms with Gasteiger partial charge in [-0.15, -0.1) is 13.2 Å². The van der Waals surface area contributed by atoms with E-state index >= 15 is 0 Å². The highest BCUT2D eigenvalue weighted by molar-refractivity contribution is 5.91. The van der Waals surface area contributed by atoms with Crippen LogP contribution in [0.25, 0.3) is 0 Å². The van der Waals surface area contributed by atoms with Gasteiger partial charge in [0.1, 0.15) is 17.2 Å². The number of carboxylic acids is 1. The third-order valence-electron chi connectivity index (χ3n) is 9.24. The number of carboxylic acid groups (broad SMARTS) is 1. The number of ether oxygens (including phenoxy) is 2. The van der Waals surface area contributed by atoms with Crippen LogP contribution >= 0.6 is 0 Å². The lowest BCUT2D eigenvalue weighted by Crippen LogP contribution is -2.55. The average Bonchev–Trinajstić information content (AvgIpc) is 3.15. The Morgan fingerprint density at radius 2 is 0.952 bits per heavy atom. The number of rotatable bonds is 17. The standard InChI is InChI=1S/C25H38N2O4.C14H22N2O.C11H18O4/c1-9-13-19(16-20(28)31-25(6,7)8)22(29)27-21(24(3,4)5)23(30)26-17(2)18-14-11-10-12-15-18;1-10(11-8-6-5-7-9-11)16-13(17)12(15)14(2,3)4;1-5-6-8(10(13)14)7-9(12)15-11(2,3)4/h9-12,14-15,17,19,21H,1,13,16H2,2-8H3,(H,26,30)(H,27,29);5-10,12H,15H2,1-4H3,(H,16,17);5,8H,1,6-7H2,2-4H3,(H,13,14)/t17-,19-,21-;10-,12-;8-/m111/s1. The normalized spacial score (nSPS) is 14.4. The number of esters is 2. The summed E-state index contributed by atoms with van der Waals surface area (Å²) in [6.07, 6.45) is 3.48. The van der Waals surface area contributed by atoms with Crippen LogP contribution in [0.3, 0.4) is 0 Å². The number of amides is 3. The minimum atomic E-state index is -0.999. The van der Waals surface area contributed by atoms with Crippen LogP contribution in [0.15, 0.2) is 86.0 Å². The van der Waals surface area contributed by atoms with E-state index in [0.717, 1.165) is 11.1 Å². The van der Waals surface area contributed by atoms with E-state index in [1.807, 2.05) is 116 Å². The molecule has 0 radical (unpaired) electrons. The lowest BCUT2D eigenvalue weighted by Gasteiger charge is -2.32. The molecule has 6 atom stereocenters. The molecule has 0 fully saturated rings. The number of benzene rings is 2. The second-order valence-electron chi connectivity index (χ2n) is 19.8. The SMILES string of the molecule is C=CC[C@H](CC(=O)OC(C)(C)C)C(=O)N[C@H](C(=O)N[C@H](C)c1ccccc1)C(C)(C)C.C=CC[C@H](CC(=O)OC(C)(C)C)C(=O)O.C[C@@H](NC(=O)[C@@H](N)C(C)(C)C)c1ccccc1. The van der Waals surface area contributed by atoms with Crippen molar-refractivity contribution in [3.05, 3.63) is 97.1 Å². The molecule has 0 heterocycles. The molecule has 352 valence electrons. The number of nitrogens with one attached hydrogen (secondary N) is 3. The number of carbonyl (C=O) groups is 6. The van der Waals surface area contributed by atoms with E-state index in [2.05, 4.69) is 29.1 Å². The Hall–Kier alpha value is -5.30. The maximum atomic E-state index is 13.1. The van der Waals surface area contributed by atoms with Crippen molar-refractivity contribution in [3.8, 4) is 0 Å². The van der Waals surface area contributed by atoms with Gasteiger partial charge in [0.15, 0.2) is 0 Å². The fraction of sp³-hybridized carbons (Fsp3) is 0.560. The van der Waals surface area contributed by atoms with Gasteiger partial charge in [0.25, 0.3) is 0 Å². The van der Waals surface area contributed by atoms with Crippen LogP contribution < -0.4 is 21.7 Å². The Morgan fingerprint density at radius 3 is 1.29 bits per heavy atom. The molecule has 2 rings (SSSR count). The van der Waals surface area contributed by atoms with Crippen LogP contribution in [-0.2, 0) is 38.2 Å². The van der Waals surface area contributed by atoms with Crippen LogP contribution in [0, 0.1) is 22.7 Å². The molecule has 0 spiro atoms. The summed E-state index contributed by atoms with van der Waals surface area (Å²) in [5, 5.41) is 17.6. The van der Waals surface area contributed by atoms with E-state index in [4.69, 9.17) is 20.3 Å². The Labute approximate surface area is 377 Å². The van der Waals surface area contributed by atoms with Crippen molar-refractivity contribution in [1.82, 2.24) is 16.0 Å². The van der Waals surface area contributed by atoms with Crippen LogP contribution in [0.2, 0.25) is 0 Å². The maximum absolute atomic E-state index is 13.1. The molecule has 2 aromatic rings. The molecule has 0 aliphatic rings. The van der Waals surface area contributed by atoms with E-state index < -0.39 is 58.4 Å². The van der Waals surface area contributed by atoms with E-state index in [1.54, 1.807) is 47.6 Å². The van der Waals surface area contributed by atoms with Gasteiger partial charge in [0, 0.05) is 0 Å². The van der Waals surface area contributed by atoms with Gasteiger partial charge >= 0.3 is 17.9 Å². The van der Waals surface area contributed by atoms with Crippen molar-refractivity contribution in [2.75, 3.05) is 0 Å². The molecule has 0 bridgehead atoms. The summed E-state index contributed by atoms with van der Waals surface area (Å²) < 4.78 is 10.4. The Morgan fingerprint density at radius 1 is 0.587 bits per heavy atom. The first-order chi connectivity index (χ1) is 28.8. The van der Waals surface area contributed by atoms with Gasteiger partial charge in [-0.25, -0.2) is 0 Å². The number of hydrogen-bond acceptors (Lipinski definition) is 9. The third-order valence-corrected chi connectivity index (χ3v) is 9.24. The molecule has 6 N–H and O–H groups in total. The van der Waals surface area contributed by atoms with Gasteiger partial charge in [0.2, 0.25) is 17.7 Å². The van der Waals surface area contributed by atoms with Gasteiger partial charge in [-0.1, -0.05) is 114 Å². The largest absolute Gasteiger partial charge is 0.481 e. The van der Waals surface area contributed by atoms with E-state index in [9.17, 15) is 28.8 Å². The number of allylic oxidation sites excluding steroid dienone is 2. The first-order valence-corrected chi connectivity index (χ1v) is 21.5. The van der Waals surface area contributed by atoms with Gasteiger partial charge < -0.3 is 36.3 Å².